The number of hydrogen-bond donors (Lipinski definition) is 4. The van der Waals surface area contributed by atoms with Crippen molar-refractivity contribution in [2.75, 3.05) is 24.2 Å². The van der Waals surface area contributed by atoms with Crippen LogP contribution in [-0.4, -0.2) is 51.3 Å². The van der Waals surface area contributed by atoms with Crippen molar-refractivity contribution in [3.63, 3.8) is 0 Å². The van der Waals surface area contributed by atoms with Gasteiger partial charge in [-0.2, -0.15) is 0 Å². The van der Waals surface area contributed by atoms with E-state index in [4.69, 9.17) is 4.74 Å². The summed E-state index contributed by atoms with van der Waals surface area (Å²) in [6, 6.07) is 18.1. The first kappa shape index (κ1) is 37.7. The first-order chi connectivity index (χ1) is 24.1. The Bertz CT molecular complexity index is 1890. The van der Waals surface area contributed by atoms with Gasteiger partial charge in [0.15, 0.2) is 0 Å². The minimum Gasteiger partial charge on any atom is -0.444 e. The van der Waals surface area contributed by atoms with E-state index in [0.717, 1.165) is 46.3 Å². The molecule has 1 saturated carbocycles. The van der Waals surface area contributed by atoms with E-state index in [-0.39, 0.29) is 47.2 Å². The van der Waals surface area contributed by atoms with Crippen LogP contribution in [0.5, 0.6) is 0 Å². The molecule has 3 aromatic carbocycles. The lowest BCUT2D eigenvalue weighted by atomic mass is 9.77. The van der Waals surface area contributed by atoms with E-state index in [1.165, 1.54) is 7.05 Å². The summed E-state index contributed by atoms with van der Waals surface area (Å²) in [6.45, 7) is 7.82. The van der Waals surface area contributed by atoms with Crippen molar-refractivity contribution in [3.05, 3.63) is 77.4 Å². The SMILES string of the molecule is CNS(=O)(=O)c1ccc(-c2ccc(C[C@H](CC(=O)C3CCC(CNC(=O)OC(C)(C)C)CC3)C(=O)Nc3ccc4c(c3)CC(=O)N4)cc2)c(C)c1. The third kappa shape index (κ3) is 10.0. The fourth-order valence-corrected chi connectivity index (χ4v) is 7.61. The average molecular weight is 717 g/mol. The molecule has 1 fully saturated rings. The molecule has 5 rings (SSSR count). The molecule has 0 saturated heterocycles. The number of nitrogens with one attached hydrogen (secondary N) is 4. The van der Waals surface area contributed by atoms with Crippen LogP contribution in [0.3, 0.4) is 0 Å². The zero-order chi connectivity index (χ0) is 36.9. The summed E-state index contributed by atoms with van der Waals surface area (Å²) < 4.78 is 32.2. The number of aryl methyl sites for hydroxylation is 1. The van der Waals surface area contributed by atoms with E-state index >= 15 is 0 Å². The Balaban J connectivity index is 1.26. The van der Waals surface area contributed by atoms with Gasteiger partial charge in [0.25, 0.3) is 0 Å². The summed E-state index contributed by atoms with van der Waals surface area (Å²) in [7, 11) is -2.18. The standard InChI is InChI=1S/C39H48N4O7S/c1-24-18-32(51(48,49)40-5)15-16-33(24)27-10-6-25(7-11-27)19-30(37(46)42-31-14-17-34-29(20-31)22-36(45)43-34)21-35(44)28-12-8-26(9-13-28)23-41-38(47)50-39(2,3)4/h6-7,10-11,14-18,20,26,28,30,40H,8-9,12-13,19,21-23H2,1-5H3,(H,41,47)(H,42,46)(H,43,45)/t26?,28?,30-/m1/s1. The molecule has 1 heterocycles. The predicted octanol–water partition coefficient (Wildman–Crippen LogP) is 6.15. The molecule has 11 nitrogen and oxygen atoms in total. The molecule has 4 N–H and O–H groups in total. The van der Waals surface area contributed by atoms with E-state index in [1.807, 2.05) is 52.0 Å². The minimum absolute atomic E-state index is 0.0568. The number of sulfonamides is 1. The number of ketones is 1. The molecule has 0 bridgehead atoms. The molecule has 1 aliphatic carbocycles. The second-order valence-electron chi connectivity index (χ2n) is 14.6. The lowest BCUT2D eigenvalue weighted by Gasteiger charge is -2.29. The van der Waals surface area contributed by atoms with Crippen molar-refractivity contribution in [2.24, 2.45) is 17.8 Å². The summed E-state index contributed by atoms with van der Waals surface area (Å²) in [5.74, 6) is -0.831. The van der Waals surface area contributed by atoms with Crippen LogP contribution in [0.2, 0.25) is 0 Å². The van der Waals surface area contributed by atoms with Crippen LogP contribution in [0, 0.1) is 24.7 Å². The minimum atomic E-state index is -3.56. The van der Waals surface area contributed by atoms with E-state index in [0.29, 0.717) is 31.5 Å². The number of alkyl carbamates (subject to hydrolysis) is 1. The normalized spacial score (nSPS) is 17.9. The number of anilines is 2. The summed E-state index contributed by atoms with van der Waals surface area (Å²) in [4.78, 5) is 51.7. The van der Waals surface area contributed by atoms with Gasteiger partial charge in [-0.05, 0) is 131 Å². The first-order valence-electron chi connectivity index (χ1n) is 17.5. The van der Waals surface area contributed by atoms with Gasteiger partial charge < -0.3 is 20.7 Å². The molecular weight excluding hydrogens is 669 g/mol. The third-order valence-electron chi connectivity index (χ3n) is 9.58. The Morgan fingerprint density at radius 1 is 0.961 bits per heavy atom. The zero-order valence-electron chi connectivity index (χ0n) is 29.9. The molecule has 3 aromatic rings. The maximum Gasteiger partial charge on any atom is 0.407 e. The quantitative estimate of drug-likeness (QED) is 0.175. The van der Waals surface area contributed by atoms with Gasteiger partial charge in [0.1, 0.15) is 11.4 Å². The van der Waals surface area contributed by atoms with Crippen LogP contribution in [-0.2, 0) is 42.0 Å². The molecule has 272 valence electrons. The number of amides is 3. The number of hydrogen-bond acceptors (Lipinski definition) is 7. The molecular formula is C39H48N4O7S. The largest absolute Gasteiger partial charge is 0.444 e. The van der Waals surface area contributed by atoms with Gasteiger partial charge in [-0.1, -0.05) is 30.3 Å². The monoisotopic (exact) mass is 716 g/mol. The van der Waals surface area contributed by atoms with Gasteiger partial charge in [-0.25, -0.2) is 17.9 Å². The highest BCUT2D eigenvalue weighted by Gasteiger charge is 2.31. The maximum atomic E-state index is 13.8. The van der Waals surface area contributed by atoms with Crippen molar-refractivity contribution in [2.45, 2.75) is 83.1 Å². The van der Waals surface area contributed by atoms with Crippen LogP contribution in [0.25, 0.3) is 11.1 Å². The highest BCUT2D eigenvalue weighted by Crippen LogP contribution is 2.33. The van der Waals surface area contributed by atoms with Crippen molar-refractivity contribution < 1.29 is 32.3 Å². The fourth-order valence-electron chi connectivity index (χ4n) is 6.80. The molecule has 12 heteroatoms. The molecule has 0 unspecified atom stereocenters. The summed E-state index contributed by atoms with van der Waals surface area (Å²) in [5, 5.41) is 8.64. The number of rotatable bonds is 12. The Morgan fingerprint density at radius 3 is 2.31 bits per heavy atom. The van der Waals surface area contributed by atoms with E-state index in [1.54, 1.807) is 36.4 Å². The van der Waals surface area contributed by atoms with Gasteiger partial charge >= 0.3 is 6.09 Å². The summed E-state index contributed by atoms with van der Waals surface area (Å²) >= 11 is 0. The van der Waals surface area contributed by atoms with Gasteiger partial charge in [0.2, 0.25) is 21.8 Å². The van der Waals surface area contributed by atoms with Gasteiger partial charge in [0, 0.05) is 36.2 Å². The summed E-state index contributed by atoms with van der Waals surface area (Å²) in [6.07, 6.45) is 3.23. The highest BCUT2D eigenvalue weighted by molar-refractivity contribution is 7.89. The highest BCUT2D eigenvalue weighted by atomic mass is 32.2. The fraction of sp³-hybridized carbons (Fsp3) is 0.436. The maximum absolute atomic E-state index is 13.8. The first-order valence-corrected chi connectivity index (χ1v) is 18.9. The van der Waals surface area contributed by atoms with Gasteiger partial charge in [0.05, 0.1) is 11.3 Å². The molecule has 51 heavy (non-hydrogen) atoms. The molecule has 3 amide bonds. The van der Waals surface area contributed by atoms with Gasteiger partial charge in [-0.15, -0.1) is 0 Å². The Labute approximate surface area is 300 Å². The molecule has 0 spiro atoms. The molecule has 1 aliphatic heterocycles. The number of Topliss-reactive ketones (excluding diaryl/α,β-unsaturated/α-hetero) is 1. The number of carbonyl (C=O) groups excluding carboxylic acids is 4. The number of ether oxygens (including phenoxy) is 1. The van der Waals surface area contributed by atoms with E-state index in [9.17, 15) is 27.6 Å². The molecule has 2 aliphatic rings. The van der Waals surface area contributed by atoms with Crippen molar-refractivity contribution >= 4 is 45.1 Å². The van der Waals surface area contributed by atoms with Crippen molar-refractivity contribution in [3.8, 4) is 11.1 Å². The second-order valence-corrected chi connectivity index (χ2v) is 16.5. The third-order valence-corrected chi connectivity index (χ3v) is 11.0. The number of fused-ring (bicyclic) bond motifs is 1. The number of carbonyl (C=O) groups is 4. The Kier molecular flexibility index (Phi) is 11.7. The van der Waals surface area contributed by atoms with Crippen LogP contribution < -0.4 is 20.7 Å². The molecule has 1 atom stereocenters. The smallest absolute Gasteiger partial charge is 0.407 e. The van der Waals surface area contributed by atoms with E-state index < -0.39 is 27.6 Å². The van der Waals surface area contributed by atoms with Crippen LogP contribution in [0.4, 0.5) is 16.2 Å². The Hall–Kier alpha value is -4.55. The average Bonchev–Trinajstić information content (AvgIpc) is 3.46. The second kappa shape index (κ2) is 15.8. The van der Waals surface area contributed by atoms with Crippen LogP contribution >= 0.6 is 0 Å². The zero-order valence-corrected chi connectivity index (χ0v) is 30.7. The van der Waals surface area contributed by atoms with Crippen molar-refractivity contribution in [1.82, 2.24) is 10.0 Å². The Morgan fingerprint density at radius 2 is 1.67 bits per heavy atom. The predicted molar refractivity (Wildman–Crippen MR) is 197 cm³/mol. The molecule has 0 aromatic heterocycles. The van der Waals surface area contributed by atoms with Crippen molar-refractivity contribution in [1.29, 1.82) is 0 Å². The van der Waals surface area contributed by atoms with Gasteiger partial charge in [-0.3, -0.25) is 14.4 Å². The summed E-state index contributed by atoms with van der Waals surface area (Å²) in [5.41, 5.74) is 5.04. The van der Waals surface area contributed by atoms with E-state index in [2.05, 4.69) is 20.7 Å². The molecule has 0 radical (unpaired) electrons. The van der Waals surface area contributed by atoms with Crippen LogP contribution in [0.15, 0.2) is 65.6 Å². The lowest BCUT2D eigenvalue weighted by Crippen LogP contribution is -2.37. The number of benzene rings is 3. The lowest BCUT2D eigenvalue weighted by molar-refractivity contribution is -0.129. The topological polar surface area (TPSA) is 160 Å². The van der Waals surface area contributed by atoms with Crippen LogP contribution in [0.1, 0.15) is 69.6 Å².